The average molecular weight is 332 g/mol. The monoisotopic (exact) mass is 331 g/mol. The average Bonchev–Trinajstić information content (AvgIpc) is 2.47. The molecular weight excluding hydrogens is 314 g/mol. The van der Waals surface area contributed by atoms with E-state index in [0.29, 0.717) is 12.8 Å². The molecule has 7 heteroatoms. The van der Waals surface area contributed by atoms with Gasteiger partial charge in [0.05, 0.1) is 4.92 Å². The molecule has 0 aromatic heterocycles. The van der Waals surface area contributed by atoms with Gasteiger partial charge in [0.15, 0.2) is 5.56 Å². The Labute approximate surface area is 133 Å². The molecule has 0 aliphatic rings. The van der Waals surface area contributed by atoms with Crippen LogP contribution >= 0.6 is 23.4 Å². The largest absolute Gasteiger partial charge is 0.446 e. The predicted molar refractivity (Wildman–Crippen MR) is 83.7 cm³/mol. The van der Waals surface area contributed by atoms with Crippen LogP contribution in [0.1, 0.15) is 32.6 Å². The van der Waals surface area contributed by atoms with Gasteiger partial charge in [-0.05, 0) is 37.1 Å². The summed E-state index contributed by atoms with van der Waals surface area (Å²) in [6.07, 6.45) is 2.58. The van der Waals surface area contributed by atoms with Crippen LogP contribution in [0.3, 0.4) is 0 Å². The van der Waals surface area contributed by atoms with E-state index < -0.39 is 10.5 Å². The Kier molecular flexibility index (Phi) is 8.15. The maximum atomic E-state index is 11.4. The number of unbranched alkanes of at least 4 members (excludes halogenated alkanes) is 1. The first kappa shape index (κ1) is 17.8. The molecule has 0 N–H and O–H groups in total. The Morgan fingerprint density at radius 1 is 1.38 bits per heavy atom. The number of carbonyl (C=O) groups excluding carboxylic acids is 1. The highest BCUT2D eigenvalue weighted by molar-refractivity contribution is 7.99. The number of rotatable bonds is 9. The molecular formula is C14H18ClNO4S. The van der Waals surface area contributed by atoms with Crippen LogP contribution in [0, 0.1) is 10.1 Å². The Bertz CT molecular complexity index is 467. The number of benzene rings is 1. The molecule has 5 nitrogen and oxygen atoms in total. The number of hydrogen-bond acceptors (Lipinski definition) is 5. The lowest BCUT2D eigenvalue weighted by molar-refractivity contribution is -0.384. The van der Waals surface area contributed by atoms with Gasteiger partial charge < -0.3 is 4.74 Å². The Morgan fingerprint density at radius 2 is 2.05 bits per heavy atom. The third-order valence-corrected chi connectivity index (χ3v) is 4.17. The molecule has 0 amide bonds. The smallest absolute Gasteiger partial charge is 0.307 e. The van der Waals surface area contributed by atoms with Gasteiger partial charge >= 0.3 is 5.97 Å². The van der Waals surface area contributed by atoms with Crippen LogP contribution in [0.15, 0.2) is 29.2 Å². The summed E-state index contributed by atoms with van der Waals surface area (Å²) in [7, 11) is 0. The van der Waals surface area contributed by atoms with Gasteiger partial charge in [-0.1, -0.05) is 18.5 Å². The summed E-state index contributed by atoms with van der Waals surface area (Å²) in [5.41, 5.74) is -0.444. The maximum absolute atomic E-state index is 11.4. The maximum Gasteiger partial charge on any atom is 0.307 e. The van der Waals surface area contributed by atoms with Crippen LogP contribution in [0.4, 0.5) is 5.69 Å². The minimum absolute atomic E-state index is 0.0913. The Morgan fingerprint density at radius 3 is 2.62 bits per heavy atom. The van der Waals surface area contributed by atoms with Crippen molar-refractivity contribution in [1.82, 2.24) is 0 Å². The van der Waals surface area contributed by atoms with Gasteiger partial charge in [-0.25, -0.2) is 0 Å². The van der Waals surface area contributed by atoms with E-state index in [1.54, 1.807) is 23.9 Å². The molecule has 0 bridgehead atoms. The third kappa shape index (κ3) is 7.34. The van der Waals surface area contributed by atoms with Crippen molar-refractivity contribution in [3.63, 3.8) is 0 Å². The summed E-state index contributed by atoms with van der Waals surface area (Å²) < 4.78 is 4.96. The van der Waals surface area contributed by atoms with Gasteiger partial charge in [-0.15, -0.1) is 11.8 Å². The topological polar surface area (TPSA) is 69.4 Å². The molecule has 0 saturated carbocycles. The van der Waals surface area contributed by atoms with Gasteiger partial charge in [-0.2, -0.15) is 0 Å². The molecule has 0 radical (unpaired) electrons. The lowest BCUT2D eigenvalue weighted by atomic mass is 10.2. The van der Waals surface area contributed by atoms with Gasteiger partial charge in [0.25, 0.3) is 5.69 Å². The number of esters is 1. The highest BCUT2D eigenvalue weighted by Gasteiger charge is 2.08. The third-order valence-electron chi connectivity index (χ3n) is 2.67. The number of alkyl halides is 1. The van der Waals surface area contributed by atoms with Crippen molar-refractivity contribution in [1.29, 1.82) is 0 Å². The first-order valence-electron chi connectivity index (χ1n) is 6.73. The van der Waals surface area contributed by atoms with E-state index in [-0.39, 0.29) is 11.7 Å². The fraction of sp³-hybridized carbons (Fsp3) is 0.500. The number of carbonyl (C=O) groups is 1. The SMILES string of the molecule is CCC(Cl)OC(=O)CCCCSc1ccc([N+](=O)[O-])cc1. The second-order valence-corrected chi connectivity index (χ2v) is 6.02. The molecule has 0 aliphatic carbocycles. The molecule has 1 aromatic rings. The van der Waals surface area contributed by atoms with E-state index in [0.717, 1.165) is 23.5 Å². The van der Waals surface area contributed by atoms with Gasteiger partial charge in [0, 0.05) is 23.4 Å². The number of thioether (sulfide) groups is 1. The molecule has 0 fully saturated rings. The number of non-ortho nitro benzene ring substituents is 1. The zero-order valence-corrected chi connectivity index (χ0v) is 13.4. The first-order valence-corrected chi connectivity index (χ1v) is 8.16. The van der Waals surface area contributed by atoms with E-state index >= 15 is 0 Å². The zero-order valence-electron chi connectivity index (χ0n) is 11.8. The van der Waals surface area contributed by atoms with E-state index in [2.05, 4.69) is 0 Å². The molecule has 0 spiro atoms. The summed E-state index contributed by atoms with van der Waals surface area (Å²) in [5, 5.41) is 10.5. The summed E-state index contributed by atoms with van der Waals surface area (Å²) in [6, 6.07) is 6.45. The Hall–Kier alpha value is -1.27. The molecule has 1 atom stereocenters. The molecule has 1 rings (SSSR count). The number of nitro benzene ring substituents is 1. The number of nitro groups is 1. The van der Waals surface area contributed by atoms with Crippen LogP contribution in [0.25, 0.3) is 0 Å². The lowest BCUT2D eigenvalue weighted by Crippen LogP contribution is -2.11. The minimum atomic E-state index is -0.535. The lowest BCUT2D eigenvalue weighted by Gasteiger charge is -2.08. The van der Waals surface area contributed by atoms with Crippen LogP contribution < -0.4 is 0 Å². The Balaban J connectivity index is 2.16. The van der Waals surface area contributed by atoms with E-state index in [1.807, 2.05) is 6.92 Å². The van der Waals surface area contributed by atoms with Crippen LogP contribution in [-0.4, -0.2) is 22.2 Å². The fourth-order valence-electron chi connectivity index (χ4n) is 1.51. The fourth-order valence-corrected chi connectivity index (χ4v) is 2.52. The number of halogens is 1. The second kappa shape index (κ2) is 9.63. The van der Waals surface area contributed by atoms with Crippen molar-refractivity contribution in [2.45, 2.75) is 43.1 Å². The van der Waals surface area contributed by atoms with Crippen LogP contribution in [0.5, 0.6) is 0 Å². The van der Waals surface area contributed by atoms with E-state index in [1.165, 1.54) is 12.1 Å². The molecule has 0 saturated heterocycles. The van der Waals surface area contributed by atoms with Crippen molar-refractivity contribution in [2.75, 3.05) is 5.75 Å². The first-order chi connectivity index (χ1) is 10.0. The standard InChI is InChI=1S/C14H18ClNO4S/c1-2-13(15)20-14(17)5-3-4-10-21-12-8-6-11(7-9-12)16(18)19/h6-9,13H,2-5,10H2,1H3. The second-order valence-electron chi connectivity index (χ2n) is 4.36. The quantitative estimate of drug-likeness (QED) is 0.168. The molecule has 1 unspecified atom stereocenters. The summed E-state index contributed by atoms with van der Waals surface area (Å²) in [5.74, 6) is 0.584. The summed E-state index contributed by atoms with van der Waals surface area (Å²) in [6.45, 7) is 1.85. The van der Waals surface area contributed by atoms with Crippen LogP contribution in [-0.2, 0) is 9.53 Å². The molecule has 116 valence electrons. The minimum Gasteiger partial charge on any atom is -0.446 e. The zero-order chi connectivity index (χ0) is 15.7. The van der Waals surface area contributed by atoms with E-state index in [9.17, 15) is 14.9 Å². The molecule has 0 aliphatic heterocycles. The molecule has 0 heterocycles. The highest BCUT2D eigenvalue weighted by Crippen LogP contribution is 2.22. The molecule has 21 heavy (non-hydrogen) atoms. The van der Waals surface area contributed by atoms with Gasteiger partial charge in [-0.3, -0.25) is 14.9 Å². The van der Waals surface area contributed by atoms with Crippen LogP contribution in [0.2, 0.25) is 0 Å². The van der Waals surface area contributed by atoms with Gasteiger partial charge in [0.2, 0.25) is 0 Å². The van der Waals surface area contributed by atoms with Crippen molar-refractivity contribution >= 4 is 35.0 Å². The predicted octanol–water partition coefficient (Wildman–Crippen LogP) is 4.38. The van der Waals surface area contributed by atoms with Crippen molar-refractivity contribution in [3.8, 4) is 0 Å². The van der Waals surface area contributed by atoms with Crippen molar-refractivity contribution in [2.24, 2.45) is 0 Å². The van der Waals surface area contributed by atoms with Crippen molar-refractivity contribution in [3.05, 3.63) is 34.4 Å². The van der Waals surface area contributed by atoms with Crippen molar-refractivity contribution < 1.29 is 14.5 Å². The number of nitrogens with zero attached hydrogens (tertiary/aromatic N) is 1. The molecule has 1 aromatic carbocycles. The number of hydrogen-bond donors (Lipinski definition) is 0. The normalized spacial score (nSPS) is 11.9. The number of ether oxygens (including phenoxy) is 1. The highest BCUT2D eigenvalue weighted by atomic mass is 35.5. The van der Waals surface area contributed by atoms with E-state index in [4.69, 9.17) is 16.3 Å². The summed E-state index contributed by atoms with van der Waals surface area (Å²) >= 11 is 7.33. The summed E-state index contributed by atoms with van der Waals surface area (Å²) in [4.78, 5) is 22.5. The van der Waals surface area contributed by atoms with Gasteiger partial charge in [0.1, 0.15) is 0 Å².